The number of hydrogen-bond acceptors (Lipinski definition) is 3. The van der Waals surface area contributed by atoms with E-state index >= 15 is 0 Å². The molecule has 1 aliphatic rings. The van der Waals surface area contributed by atoms with Crippen molar-refractivity contribution in [1.82, 2.24) is 0 Å². The fourth-order valence-electron chi connectivity index (χ4n) is 1.95. The number of hydrogen-bond donors (Lipinski definition) is 1. The minimum atomic E-state index is 0.126. The zero-order chi connectivity index (χ0) is 12.1. The van der Waals surface area contributed by atoms with Crippen molar-refractivity contribution in [2.45, 2.75) is 12.8 Å². The average Bonchev–Trinajstić information content (AvgIpc) is 2.39. The molecule has 0 bridgehead atoms. The van der Waals surface area contributed by atoms with Gasteiger partial charge in [0.05, 0.1) is 11.6 Å². The number of halogens is 1. The van der Waals surface area contributed by atoms with Gasteiger partial charge in [0.25, 0.3) is 0 Å². The molecule has 1 aromatic rings. The summed E-state index contributed by atoms with van der Waals surface area (Å²) in [6.45, 7) is 2.25. The van der Waals surface area contributed by atoms with Gasteiger partial charge in [-0.05, 0) is 30.7 Å². The van der Waals surface area contributed by atoms with Crippen molar-refractivity contribution >= 4 is 24.2 Å². The van der Waals surface area contributed by atoms with Crippen molar-refractivity contribution in [3.63, 3.8) is 0 Å². The van der Waals surface area contributed by atoms with Crippen LogP contribution in [0.4, 0.5) is 0 Å². The van der Waals surface area contributed by atoms with E-state index in [1.54, 1.807) is 0 Å². The SMILES string of the molecule is SCC1(COc2ccccc2Cl)CCOCC1. The monoisotopic (exact) mass is 272 g/mol. The van der Waals surface area contributed by atoms with Gasteiger partial charge in [-0.1, -0.05) is 23.7 Å². The minimum Gasteiger partial charge on any atom is -0.491 e. The van der Waals surface area contributed by atoms with Crippen molar-refractivity contribution in [3.05, 3.63) is 29.3 Å². The molecule has 0 radical (unpaired) electrons. The fourth-order valence-corrected chi connectivity index (χ4v) is 2.54. The van der Waals surface area contributed by atoms with Gasteiger partial charge in [-0.25, -0.2) is 0 Å². The highest BCUT2D eigenvalue weighted by Crippen LogP contribution is 2.33. The average molecular weight is 273 g/mol. The van der Waals surface area contributed by atoms with E-state index < -0.39 is 0 Å². The van der Waals surface area contributed by atoms with Gasteiger partial charge in [-0.3, -0.25) is 0 Å². The normalized spacial score (nSPS) is 18.9. The minimum absolute atomic E-state index is 0.126. The molecule has 1 heterocycles. The molecule has 4 heteroatoms. The Kier molecular flexibility index (Phi) is 4.60. The Labute approximate surface area is 113 Å². The molecule has 0 atom stereocenters. The molecule has 2 nitrogen and oxygen atoms in total. The zero-order valence-corrected chi connectivity index (χ0v) is 11.3. The van der Waals surface area contributed by atoms with Crippen LogP contribution in [0.3, 0.4) is 0 Å². The van der Waals surface area contributed by atoms with Crippen LogP contribution in [0.1, 0.15) is 12.8 Å². The molecule has 17 heavy (non-hydrogen) atoms. The number of benzene rings is 1. The Morgan fingerprint density at radius 2 is 2.00 bits per heavy atom. The Morgan fingerprint density at radius 1 is 1.29 bits per heavy atom. The van der Waals surface area contributed by atoms with Crippen molar-refractivity contribution in [3.8, 4) is 5.75 Å². The van der Waals surface area contributed by atoms with Crippen LogP contribution < -0.4 is 4.74 Å². The standard InChI is InChI=1S/C13H17ClO2S/c14-11-3-1-2-4-12(11)16-9-13(10-17)5-7-15-8-6-13/h1-4,17H,5-10H2. The topological polar surface area (TPSA) is 18.5 Å². The molecule has 94 valence electrons. The van der Waals surface area contributed by atoms with Crippen LogP contribution in [0.2, 0.25) is 5.02 Å². The lowest BCUT2D eigenvalue weighted by atomic mass is 9.83. The molecular formula is C13H17ClO2S. The first-order valence-electron chi connectivity index (χ1n) is 5.82. The Balaban J connectivity index is 1.98. The second-order valence-electron chi connectivity index (χ2n) is 4.49. The molecule has 0 aromatic heterocycles. The third-order valence-electron chi connectivity index (χ3n) is 3.26. The number of rotatable bonds is 4. The molecule has 2 rings (SSSR count). The largest absolute Gasteiger partial charge is 0.491 e. The van der Waals surface area contributed by atoms with Gasteiger partial charge in [0, 0.05) is 18.6 Å². The lowest BCUT2D eigenvalue weighted by Crippen LogP contribution is -2.36. The summed E-state index contributed by atoms with van der Waals surface area (Å²) in [4.78, 5) is 0. The molecule has 0 N–H and O–H groups in total. The molecule has 0 amide bonds. The third kappa shape index (κ3) is 3.30. The van der Waals surface area contributed by atoms with E-state index in [2.05, 4.69) is 12.6 Å². The molecule has 0 spiro atoms. The van der Waals surface area contributed by atoms with Gasteiger partial charge in [0.1, 0.15) is 5.75 Å². The highest BCUT2D eigenvalue weighted by molar-refractivity contribution is 7.80. The third-order valence-corrected chi connectivity index (χ3v) is 4.24. The summed E-state index contributed by atoms with van der Waals surface area (Å²) in [5.74, 6) is 1.57. The summed E-state index contributed by atoms with van der Waals surface area (Å²) in [6, 6.07) is 7.57. The van der Waals surface area contributed by atoms with Gasteiger partial charge >= 0.3 is 0 Å². The predicted octanol–water partition coefficient (Wildman–Crippen LogP) is 3.45. The van der Waals surface area contributed by atoms with Gasteiger partial charge in [-0.2, -0.15) is 12.6 Å². The maximum Gasteiger partial charge on any atom is 0.137 e. The summed E-state index contributed by atoms with van der Waals surface area (Å²) in [5.41, 5.74) is 0.126. The summed E-state index contributed by atoms with van der Waals surface area (Å²) in [6.07, 6.45) is 2.00. The van der Waals surface area contributed by atoms with Gasteiger partial charge in [0.2, 0.25) is 0 Å². The lowest BCUT2D eigenvalue weighted by Gasteiger charge is -2.35. The zero-order valence-electron chi connectivity index (χ0n) is 9.69. The molecular weight excluding hydrogens is 256 g/mol. The maximum absolute atomic E-state index is 6.06. The summed E-state index contributed by atoms with van der Waals surface area (Å²) >= 11 is 10.5. The van der Waals surface area contributed by atoms with Gasteiger partial charge < -0.3 is 9.47 Å². The molecule has 1 aliphatic heterocycles. The summed E-state index contributed by atoms with van der Waals surface area (Å²) in [5, 5.41) is 0.661. The van der Waals surface area contributed by atoms with Gasteiger partial charge in [0.15, 0.2) is 0 Å². The Bertz CT molecular complexity index is 364. The van der Waals surface area contributed by atoms with Crippen molar-refractivity contribution in [2.75, 3.05) is 25.6 Å². The van der Waals surface area contributed by atoms with Crippen molar-refractivity contribution in [1.29, 1.82) is 0 Å². The van der Waals surface area contributed by atoms with E-state index in [1.807, 2.05) is 24.3 Å². The van der Waals surface area contributed by atoms with E-state index in [9.17, 15) is 0 Å². The number of ether oxygens (including phenoxy) is 2. The highest BCUT2D eigenvalue weighted by Gasteiger charge is 2.32. The second-order valence-corrected chi connectivity index (χ2v) is 5.21. The predicted molar refractivity (Wildman–Crippen MR) is 73.3 cm³/mol. The van der Waals surface area contributed by atoms with Crippen LogP contribution in [0, 0.1) is 5.41 Å². The summed E-state index contributed by atoms with van der Waals surface area (Å²) in [7, 11) is 0. The van der Waals surface area contributed by atoms with Crippen molar-refractivity contribution in [2.24, 2.45) is 5.41 Å². The molecule has 0 aliphatic carbocycles. The first kappa shape index (κ1) is 13.1. The van der Waals surface area contributed by atoms with Crippen LogP contribution in [0.25, 0.3) is 0 Å². The highest BCUT2D eigenvalue weighted by atomic mass is 35.5. The fraction of sp³-hybridized carbons (Fsp3) is 0.538. The van der Waals surface area contributed by atoms with Crippen LogP contribution >= 0.6 is 24.2 Å². The molecule has 0 unspecified atom stereocenters. The summed E-state index contributed by atoms with van der Waals surface area (Å²) < 4.78 is 11.2. The Hall–Kier alpha value is -0.380. The van der Waals surface area contributed by atoms with E-state index in [0.717, 1.165) is 37.6 Å². The number of para-hydroxylation sites is 1. The molecule has 1 aromatic carbocycles. The van der Waals surface area contributed by atoms with E-state index in [0.29, 0.717) is 11.6 Å². The molecule has 0 saturated carbocycles. The van der Waals surface area contributed by atoms with Crippen LogP contribution in [0.15, 0.2) is 24.3 Å². The quantitative estimate of drug-likeness (QED) is 0.847. The Morgan fingerprint density at radius 3 is 2.65 bits per heavy atom. The first-order valence-corrected chi connectivity index (χ1v) is 6.83. The van der Waals surface area contributed by atoms with Crippen molar-refractivity contribution < 1.29 is 9.47 Å². The van der Waals surface area contributed by atoms with Crippen LogP contribution in [0.5, 0.6) is 5.75 Å². The second kappa shape index (κ2) is 5.98. The van der Waals surface area contributed by atoms with E-state index in [4.69, 9.17) is 21.1 Å². The van der Waals surface area contributed by atoms with Crippen LogP contribution in [-0.2, 0) is 4.74 Å². The van der Waals surface area contributed by atoms with Crippen LogP contribution in [-0.4, -0.2) is 25.6 Å². The van der Waals surface area contributed by atoms with E-state index in [1.165, 1.54) is 0 Å². The molecule has 1 saturated heterocycles. The number of thiol groups is 1. The van der Waals surface area contributed by atoms with E-state index in [-0.39, 0.29) is 5.41 Å². The lowest BCUT2D eigenvalue weighted by molar-refractivity contribution is 0.00313. The first-order chi connectivity index (χ1) is 8.26. The maximum atomic E-state index is 6.06. The molecule has 1 fully saturated rings. The van der Waals surface area contributed by atoms with Gasteiger partial charge in [-0.15, -0.1) is 0 Å². The smallest absolute Gasteiger partial charge is 0.137 e.